The first-order valence-electron chi connectivity index (χ1n) is 7.62. The molecule has 1 atom stereocenters. The second-order valence-electron chi connectivity index (χ2n) is 6.11. The second-order valence-corrected chi connectivity index (χ2v) is 7.25. The van der Waals surface area contributed by atoms with Crippen LogP contribution in [0.1, 0.15) is 59.6 Å². The van der Waals surface area contributed by atoms with Gasteiger partial charge in [-0.05, 0) is 49.7 Å². The van der Waals surface area contributed by atoms with Gasteiger partial charge in [-0.15, -0.1) is 11.3 Å². The molecule has 1 aromatic rings. The lowest BCUT2D eigenvalue weighted by Crippen LogP contribution is -2.41. The van der Waals surface area contributed by atoms with Crippen molar-refractivity contribution >= 4 is 23.2 Å². The van der Waals surface area contributed by atoms with Crippen LogP contribution in [0, 0.1) is 5.92 Å². The van der Waals surface area contributed by atoms with Crippen LogP contribution in [-0.4, -0.2) is 23.0 Å². The van der Waals surface area contributed by atoms with E-state index in [9.17, 15) is 14.7 Å². The summed E-state index contributed by atoms with van der Waals surface area (Å²) in [6.07, 6.45) is 6.13. The van der Waals surface area contributed by atoms with E-state index in [1.54, 1.807) is 0 Å². The molecule has 1 aromatic heterocycles. The Morgan fingerprint density at radius 1 is 1.29 bits per heavy atom. The van der Waals surface area contributed by atoms with Crippen LogP contribution in [0.3, 0.4) is 0 Å². The van der Waals surface area contributed by atoms with Gasteiger partial charge in [0, 0.05) is 4.88 Å². The molecule has 0 fully saturated rings. The van der Waals surface area contributed by atoms with Crippen LogP contribution in [0.2, 0.25) is 0 Å². The zero-order valence-electron chi connectivity index (χ0n) is 12.6. The van der Waals surface area contributed by atoms with E-state index in [-0.39, 0.29) is 11.8 Å². The molecule has 5 heteroatoms. The summed E-state index contributed by atoms with van der Waals surface area (Å²) in [6.45, 7) is 3.91. The normalized spacial score (nSPS) is 16.1. The summed E-state index contributed by atoms with van der Waals surface area (Å²) < 4.78 is 0. The van der Waals surface area contributed by atoms with Gasteiger partial charge >= 0.3 is 5.97 Å². The largest absolute Gasteiger partial charge is 0.480 e. The fourth-order valence-corrected chi connectivity index (χ4v) is 3.86. The average Bonchev–Trinajstić information content (AvgIpc) is 2.69. The summed E-state index contributed by atoms with van der Waals surface area (Å²) in [5.41, 5.74) is 1.28. The van der Waals surface area contributed by atoms with Gasteiger partial charge < -0.3 is 10.4 Å². The van der Waals surface area contributed by atoms with Gasteiger partial charge in [-0.3, -0.25) is 4.79 Å². The third-order valence-corrected chi connectivity index (χ3v) is 5.02. The SMILES string of the molecule is CC(C)C[C@H](NC(=O)c1cc2c(s1)CCCCC2)C(=O)O. The maximum atomic E-state index is 12.3. The van der Waals surface area contributed by atoms with E-state index >= 15 is 0 Å². The highest BCUT2D eigenvalue weighted by Gasteiger charge is 2.23. The molecule has 0 unspecified atom stereocenters. The second kappa shape index (κ2) is 7.07. The number of carboxylic acids is 1. The number of hydrogen-bond acceptors (Lipinski definition) is 3. The van der Waals surface area contributed by atoms with Gasteiger partial charge in [0.1, 0.15) is 6.04 Å². The number of rotatable bonds is 5. The predicted octanol–water partition coefficient (Wildman–Crippen LogP) is 3.25. The maximum absolute atomic E-state index is 12.3. The Morgan fingerprint density at radius 3 is 2.67 bits per heavy atom. The van der Waals surface area contributed by atoms with E-state index in [1.165, 1.54) is 41.0 Å². The van der Waals surface area contributed by atoms with Gasteiger partial charge in [0.15, 0.2) is 0 Å². The molecule has 1 aliphatic carbocycles. The molecule has 4 nitrogen and oxygen atoms in total. The Balaban J connectivity index is 2.07. The van der Waals surface area contributed by atoms with Gasteiger partial charge in [0.05, 0.1) is 4.88 Å². The molecule has 116 valence electrons. The first-order chi connectivity index (χ1) is 9.97. The molecular weight excluding hydrogens is 286 g/mol. The molecule has 0 aromatic carbocycles. The average molecular weight is 309 g/mol. The molecular formula is C16H23NO3S. The monoisotopic (exact) mass is 309 g/mol. The molecule has 0 aliphatic heterocycles. The number of carbonyl (C=O) groups excluding carboxylic acids is 1. The zero-order chi connectivity index (χ0) is 15.4. The quantitative estimate of drug-likeness (QED) is 0.821. The number of carboxylic acid groups (broad SMARTS) is 1. The smallest absolute Gasteiger partial charge is 0.326 e. The van der Waals surface area contributed by atoms with Crippen molar-refractivity contribution in [3.05, 3.63) is 21.4 Å². The molecule has 0 saturated heterocycles. The standard InChI is InChI=1S/C16H23NO3S/c1-10(2)8-12(16(19)20)17-15(18)14-9-11-6-4-3-5-7-13(11)21-14/h9-10,12H,3-8H2,1-2H3,(H,17,18)(H,19,20)/t12-/m0/s1. The highest BCUT2D eigenvalue weighted by Crippen LogP contribution is 2.29. The first kappa shape index (κ1) is 16.0. The number of fused-ring (bicyclic) bond motifs is 1. The van der Waals surface area contributed by atoms with Gasteiger partial charge in [0.2, 0.25) is 0 Å². The molecule has 21 heavy (non-hydrogen) atoms. The number of nitrogens with one attached hydrogen (secondary N) is 1. The van der Waals surface area contributed by atoms with Crippen molar-refractivity contribution in [1.82, 2.24) is 5.32 Å². The Labute approximate surface area is 129 Å². The summed E-state index contributed by atoms with van der Waals surface area (Å²) in [6, 6.07) is 1.15. The van der Waals surface area contributed by atoms with Crippen molar-refractivity contribution in [3.63, 3.8) is 0 Å². The van der Waals surface area contributed by atoms with Crippen LogP contribution in [-0.2, 0) is 17.6 Å². The summed E-state index contributed by atoms with van der Waals surface area (Å²) in [4.78, 5) is 25.5. The van der Waals surface area contributed by atoms with E-state index in [1.807, 2.05) is 19.9 Å². The Hall–Kier alpha value is -1.36. The minimum atomic E-state index is -0.963. The van der Waals surface area contributed by atoms with Gasteiger partial charge in [-0.1, -0.05) is 20.3 Å². The Morgan fingerprint density at radius 2 is 2.00 bits per heavy atom. The fourth-order valence-electron chi connectivity index (χ4n) is 2.70. The Bertz CT molecular complexity index is 498. The van der Waals surface area contributed by atoms with Crippen molar-refractivity contribution in [2.75, 3.05) is 0 Å². The van der Waals surface area contributed by atoms with Crippen molar-refractivity contribution in [2.24, 2.45) is 5.92 Å². The maximum Gasteiger partial charge on any atom is 0.326 e. The van der Waals surface area contributed by atoms with Crippen molar-refractivity contribution in [1.29, 1.82) is 0 Å². The van der Waals surface area contributed by atoms with Gasteiger partial charge in [-0.2, -0.15) is 0 Å². The summed E-state index contributed by atoms with van der Waals surface area (Å²) >= 11 is 1.52. The highest BCUT2D eigenvalue weighted by atomic mass is 32.1. The van der Waals surface area contributed by atoms with Crippen LogP contribution < -0.4 is 5.32 Å². The van der Waals surface area contributed by atoms with Gasteiger partial charge in [-0.25, -0.2) is 4.79 Å². The van der Waals surface area contributed by atoms with Crippen molar-refractivity contribution in [2.45, 2.75) is 58.4 Å². The van der Waals surface area contributed by atoms with E-state index in [0.717, 1.165) is 12.8 Å². The van der Waals surface area contributed by atoms with E-state index in [0.29, 0.717) is 11.3 Å². The van der Waals surface area contributed by atoms with E-state index < -0.39 is 12.0 Å². The zero-order valence-corrected chi connectivity index (χ0v) is 13.5. The highest BCUT2D eigenvalue weighted by molar-refractivity contribution is 7.14. The number of aliphatic carboxylic acids is 1. The lowest BCUT2D eigenvalue weighted by Gasteiger charge is -2.15. The molecule has 1 amide bonds. The minimum absolute atomic E-state index is 0.228. The van der Waals surface area contributed by atoms with Crippen LogP contribution in [0.15, 0.2) is 6.07 Å². The van der Waals surface area contributed by atoms with E-state index in [4.69, 9.17) is 0 Å². The van der Waals surface area contributed by atoms with E-state index in [2.05, 4.69) is 5.32 Å². The van der Waals surface area contributed by atoms with Crippen LogP contribution in [0.25, 0.3) is 0 Å². The third-order valence-electron chi connectivity index (χ3n) is 3.78. The number of carbonyl (C=O) groups is 2. The number of amides is 1. The molecule has 1 heterocycles. The topological polar surface area (TPSA) is 66.4 Å². The molecule has 0 spiro atoms. The Kier molecular flexibility index (Phi) is 5.39. The first-order valence-corrected chi connectivity index (χ1v) is 8.44. The van der Waals surface area contributed by atoms with Crippen molar-refractivity contribution in [3.8, 4) is 0 Å². The molecule has 1 aliphatic rings. The van der Waals surface area contributed by atoms with Gasteiger partial charge in [0.25, 0.3) is 5.91 Å². The number of thiophene rings is 1. The summed E-state index contributed by atoms with van der Waals surface area (Å²) in [7, 11) is 0. The molecule has 0 bridgehead atoms. The summed E-state index contributed by atoms with van der Waals surface area (Å²) in [5.74, 6) is -0.984. The lowest BCUT2D eigenvalue weighted by molar-refractivity contribution is -0.139. The van der Waals surface area contributed by atoms with Crippen LogP contribution >= 0.6 is 11.3 Å². The predicted molar refractivity (Wildman–Crippen MR) is 83.9 cm³/mol. The number of aryl methyl sites for hydroxylation is 2. The fraction of sp³-hybridized carbons (Fsp3) is 0.625. The molecule has 2 N–H and O–H groups in total. The molecule has 0 radical (unpaired) electrons. The third kappa shape index (κ3) is 4.30. The lowest BCUT2D eigenvalue weighted by atomic mass is 10.0. The molecule has 2 rings (SSSR count). The number of hydrogen-bond donors (Lipinski definition) is 2. The van der Waals surface area contributed by atoms with Crippen LogP contribution in [0.5, 0.6) is 0 Å². The van der Waals surface area contributed by atoms with Crippen LogP contribution in [0.4, 0.5) is 0 Å². The summed E-state index contributed by atoms with van der Waals surface area (Å²) in [5, 5.41) is 11.9. The minimum Gasteiger partial charge on any atom is -0.480 e. The van der Waals surface area contributed by atoms with Crippen molar-refractivity contribution < 1.29 is 14.7 Å². The molecule has 0 saturated carbocycles.